The summed E-state index contributed by atoms with van der Waals surface area (Å²) in [5.41, 5.74) is 0.762. The average Bonchev–Trinajstić information content (AvgIpc) is 2.96. The van der Waals surface area contributed by atoms with Gasteiger partial charge >= 0.3 is 0 Å². The van der Waals surface area contributed by atoms with Gasteiger partial charge in [-0.2, -0.15) is 4.98 Å². The Labute approximate surface area is 151 Å². The van der Waals surface area contributed by atoms with Crippen LogP contribution in [-0.2, 0) is 16.0 Å². The number of nitrogens with zero attached hydrogens (tertiary/aromatic N) is 2. The quantitative estimate of drug-likeness (QED) is 0.831. The van der Waals surface area contributed by atoms with E-state index in [1.54, 1.807) is 0 Å². The summed E-state index contributed by atoms with van der Waals surface area (Å²) in [5.74, 6) is 1.99. The van der Waals surface area contributed by atoms with E-state index in [-0.39, 0.29) is 17.4 Å². The molecule has 2 rings (SSSR count). The molecule has 7 heteroatoms. The van der Waals surface area contributed by atoms with Gasteiger partial charge in [-0.3, -0.25) is 4.79 Å². The topological polar surface area (TPSA) is 68.0 Å². The molecule has 130 valence electrons. The Morgan fingerprint density at radius 1 is 1.38 bits per heavy atom. The zero-order valence-electron chi connectivity index (χ0n) is 14.3. The fourth-order valence-electron chi connectivity index (χ4n) is 2.04. The maximum absolute atomic E-state index is 12.1. The number of aromatic nitrogens is 2. The highest BCUT2D eigenvalue weighted by atomic mass is 35.5. The third kappa shape index (κ3) is 5.24. The lowest BCUT2D eigenvalue weighted by molar-refractivity contribution is -0.119. The van der Waals surface area contributed by atoms with Crippen LogP contribution in [0.2, 0.25) is 5.02 Å². The largest absolute Gasteiger partial charge is 0.349 e. The van der Waals surface area contributed by atoms with Gasteiger partial charge in [-0.25, -0.2) is 0 Å². The molecule has 0 saturated carbocycles. The van der Waals surface area contributed by atoms with Crippen LogP contribution < -0.4 is 5.32 Å². The van der Waals surface area contributed by atoms with Crippen molar-refractivity contribution in [2.75, 3.05) is 5.75 Å². The minimum atomic E-state index is -0.145. The van der Waals surface area contributed by atoms with Crippen molar-refractivity contribution in [3.05, 3.63) is 46.6 Å². The van der Waals surface area contributed by atoms with Crippen LogP contribution in [0.3, 0.4) is 0 Å². The van der Waals surface area contributed by atoms with Gasteiger partial charge in [-0.05, 0) is 18.6 Å². The minimum Gasteiger partial charge on any atom is -0.349 e. The van der Waals surface area contributed by atoms with Crippen molar-refractivity contribution in [1.82, 2.24) is 15.5 Å². The van der Waals surface area contributed by atoms with E-state index in [0.717, 1.165) is 5.56 Å². The average molecular weight is 368 g/mol. The molecular weight excluding hydrogens is 346 g/mol. The molecule has 1 amide bonds. The van der Waals surface area contributed by atoms with Crippen molar-refractivity contribution < 1.29 is 9.32 Å². The standard InChI is InChI=1S/C17H22ClN3O2S/c1-11(12-7-5-6-8-13(12)18)19-14(22)9-24-10-15-20-16(21-23-15)17(2,3)4/h5-8,11H,9-10H2,1-4H3,(H,19,22). The van der Waals surface area contributed by atoms with Crippen molar-refractivity contribution >= 4 is 29.3 Å². The van der Waals surface area contributed by atoms with Crippen molar-refractivity contribution in [2.45, 2.75) is 44.9 Å². The van der Waals surface area contributed by atoms with Crippen molar-refractivity contribution in [2.24, 2.45) is 0 Å². The van der Waals surface area contributed by atoms with Crippen molar-refractivity contribution in [3.8, 4) is 0 Å². The van der Waals surface area contributed by atoms with Gasteiger partial charge < -0.3 is 9.84 Å². The molecule has 1 aromatic heterocycles. The second kappa shape index (κ2) is 8.03. The highest BCUT2D eigenvalue weighted by Gasteiger charge is 2.21. The van der Waals surface area contributed by atoms with Crippen LogP contribution in [0.5, 0.6) is 0 Å². The molecule has 1 unspecified atom stereocenters. The lowest BCUT2D eigenvalue weighted by atomic mass is 9.96. The summed E-state index contributed by atoms with van der Waals surface area (Å²) in [6.07, 6.45) is 0. The first-order valence-electron chi connectivity index (χ1n) is 7.72. The Balaban J connectivity index is 1.79. The SMILES string of the molecule is CC(NC(=O)CSCc1nc(C(C)(C)C)no1)c1ccccc1Cl. The molecule has 1 atom stereocenters. The monoisotopic (exact) mass is 367 g/mol. The second-order valence-corrected chi connectivity index (χ2v) is 7.96. The third-order valence-corrected chi connectivity index (χ3v) is 4.61. The molecule has 24 heavy (non-hydrogen) atoms. The van der Waals surface area contributed by atoms with E-state index in [1.807, 2.05) is 52.0 Å². The van der Waals surface area contributed by atoms with Crippen LogP contribution in [-0.4, -0.2) is 21.8 Å². The molecule has 1 aromatic carbocycles. The van der Waals surface area contributed by atoms with Gasteiger partial charge in [-0.1, -0.05) is 55.7 Å². The number of amides is 1. The fraction of sp³-hybridized carbons (Fsp3) is 0.471. The normalized spacial score (nSPS) is 12.9. The zero-order chi connectivity index (χ0) is 17.7. The third-order valence-electron chi connectivity index (χ3n) is 3.35. The van der Waals surface area contributed by atoms with Gasteiger partial charge in [0.05, 0.1) is 17.5 Å². The predicted molar refractivity (Wildman–Crippen MR) is 97.2 cm³/mol. The van der Waals surface area contributed by atoms with Crippen LogP contribution in [0.25, 0.3) is 0 Å². The van der Waals surface area contributed by atoms with Gasteiger partial charge in [0, 0.05) is 10.4 Å². The molecule has 0 saturated heterocycles. The van der Waals surface area contributed by atoms with Crippen LogP contribution in [0.4, 0.5) is 0 Å². The van der Waals surface area contributed by atoms with E-state index in [0.29, 0.717) is 28.2 Å². The Kier molecular flexibility index (Phi) is 6.29. The van der Waals surface area contributed by atoms with E-state index in [9.17, 15) is 4.79 Å². The highest BCUT2D eigenvalue weighted by molar-refractivity contribution is 7.99. The molecule has 1 N–H and O–H groups in total. The predicted octanol–water partition coefficient (Wildman–Crippen LogP) is 4.13. The lowest BCUT2D eigenvalue weighted by Gasteiger charge is -2.15. The molecule has 0 radical (unpaired) electrons. The number of thioether (sulfide) groups is 1. The molecule has 0 aliphatic rings. The van der Waals surface area contributed by atoms with Crippen LogP contribution >= 0.6 is 23.4 Å². The van der Waals surface area contributed by atoms with Gasteiger partial charge in [0.25, 0.3) is 0 Å². The van der Waals surface area contributed by atoms with Crippen molar-refractivity contribution in [3.63, 3.8) is 0 Å². The highest BCUT2D eigenvalue weighted by Crippen LogP contribution is 2.23. The maximum Gasteiger partial charge on any atom is 0.236 e. The molecule has 0 fully saturated rings. The summed E-state index contributed by atoms with van der Waals surface area (Å²) in [4.78, 5) is 16.4. The summed E-state index contributed by atoms with van der Waals surface area (Å²) in [7, 11) is 0. The van der Waals surface area contributed by atoms with E-state index >= 15 is 0 Å². The first-order valence-corrected chi connectivity index (χ1v) is 9.25. The lowest BCUT2D eigenvalue weighted by Crippen LogP contribution is -2.28. The number of benzene rings is 1. The minimum absolute atomic E-state index is 0.0528. The van der Waals surface area contributed by atoms with Crippen LogP contribution in [0, 0.1) is 0 Å². The molecule has 0 bridgehead atoms. The molecule has 1 heterocycles. The van der Waals surface area contributed by atoms with E-state index in [4.69, 9.17) is 16.1 Å². The molecule has 5 nitrogen and oxygen atoms in total. The van der Waals surface area contributed by atoms with Gasteiger partial charge in [0.2, 0.25) is 11.8 Å². The number of halogens is 1. The number of rotatable bonds is 6. The van der Waals surface area contributed by atoms with Crippen molar-refractivity contribution in [1.29, 1.82) is 0 Å². The molecule has 0 aliphatic carbocycles. The first-order chi connectivity index (χ1) is 11.3. The van der Waals surface area contributed by atoms with E-state index < -0.39 is 0 Å². The van der Waals surface area contributed by atoms with Gasteiger partial charge in [-0.15, -0.1) is 11.8 Å². The van der Waals surface area contributed by atoms with Gasteiger partial charge in [0.1, 0.15) is 0 Å². The summed E-state index contributed by atoms with van der Waals surface area (Å²) >= 11 is 7.58. The van der Waals surface area contributed by atoms with E-state index in [1.165, 1.54) is 11.8 Å². The molecule has 2 aromatic rings. The number of carbonyl (C=O) groups is 1. The Hall–Kier alpha value is -1.53. The fourth-order valence-corrected chi connectivity index (χ4v) is 3.00. The summed E-state index contributed by atoms with van der Waals surface area (Å²) < 4.78 is 5.21. The number of hydrogen-bond donors (Lipinski definition) is 1. The van der Waals surface area contributed by atoms with E-state index in [2.05, 4.69) is 15.5 Å². The molecule has 0 aliphatic heterocycles. The summed E-state index contributed by atoms with van der Waals surface area (Å²) in [6, 6.07) is 7.36. The second-order valence-electron chi connectivity index (χ2n) is 6.57. The number of hydrogen-bond acceptors (Lipinski definition) is 5. The summed E-state index contributed by atoms with van der Waals surface area (Å²) in [6.45, 7) is 7.99. The zero-order valence-corrected chi connectivity index (χ0v) is 15.9. The number of nitrogens with one attached hydrogen (secondary N) is 1. The van der Waals surface area contributed by atoms with Crippen LogP contribution in [0.1, 0.15) is 51.0 Å². The Morgan fingerprint density at radius 2 is 2.08 bits per heavy atom. The Bertz CT molecular complexity index is 697. The molecular formula is C17H22ClN3O2S. The molecule has 0 spiro atoms. The number of carbonyl (C=O) groups excluding carboxylic acids is 1. The Morgan fingerprint density at radius 3 is 2.71 bits per heavy atom. The van der Waals surface area contributed by atoms with Gasteiger partial charge in [0.15, 0.2) is 5.82 Å². The smallest absolute Gasteiger partial charge is 0.236 e. The first kappa shape index (κ1) is 18.8. The maximum atomic E-state index is 12.1. The summed E-state index contributed by atoms with van der Waals surface area (Å²) in [5, 5.41) is 7.56. The van der Waals surface area contributed by atoms with Crippen LogP contribution in [0.15, 0.2) is 28.8 Å².